The molecule has 6 heteroatoms. The van der Waals surface area contributed by atoms with Crippen LogP contribution < -0.4 is 5.73 Å². The fraction of sp³-hybridized carbons (Fsp3) is 0.375. The number of carbonyl (C=O) groups is 1. The number of rotatable bonds is 3. The Bertz CT molecular complexity index is 702. The van der Waals surface area contributed by atoms with E-state index in [1.807, 2.05) is 20.8 Å². The molecule has 0 saturated heterocycles. The first kappa shape index (κ1) is 16.0. The van der Waals surface area contributed by atoms with Gasteiger partial charge in [-0.1, -0.05) is 0 Å². The highest BCUT2D eigenvalue weighted by molar-refractivity contribution is 5.72. The van der Waals surface area contributed by atoms with Gasteiger partial charge in [-0.05, 0) is 51.0 Å². The van der Waals surface area contributed by atoms with Gasteiger partial charge in [-0.2, -0.15) is 5.10 Å². The van der Waals surface area contributed by atoms with Crippen LogP contribution in [-0.2, 0) is 16.1 Å². The Morgan fingerprint density at radius 1 is 1.41 bits per heavy atom. The molecule has 2 rings (SSSR count). The molecule has 0 aliphatic heterocycles. The summed E-state index contributed by atoms with van der Waals surface area (Å²) >= 11 is 0. The summed E-state index contributed by atoms with van der Waals surface area (Å²) in [5, 5.41) is 4.14. The highest BCUT2D eigenvalue weighted by atomic mass is 19.1. The number of aromatic nitrogens is 2. The summed E-state index contributed by atoms with van der Waals surface area (Å²) in [5.41, 5.74) is 7.47. The number of ether oxygens (including phenoxy) is 1. The zero-order valence-electron chi connectivity index (χ0n) is 13.2. The van der Waals surface area contributed by atoms with E-state index in [0.717, 1.165) is 16.7 Å². The molecule has 2 N–H and O–H groups in total. The summed E-state index contributed by atoms with van der Waals surface area (Å²) in [6.45, 7) is 7.24. The lowest BCUT2D eigenvalue weighted by Crippen LogP contribution is -2.26. The first-order valence-corrected chi connectivity index (χ1v) is 6.96. The molecule has 0 fully saturated rings. The molecule has 0 aliphatic rings. The van der Waals surface area contributed by atoms with Crippen molar-refractivity contribution >= 4 is 11.7 Å². The number of carbonyl (C=O) groups excluding carboxylic acids is 1. The Balaban J connectivity index is 2.19. The minimum Gasteiger partial charge on any atom is -0.459 e. The van der Waals surface area contributed by atoms with Gasteiger partial charge in [0.25, 0.3) is 0 Å². The average molecular weight is 305 g/mol. The lowest BCUT2D eigenvalue weighted by Gasteiger charge is -2.19. The van der Waals surface area contributed by atoms with Gasteiger partial charge in [-0.15, -0.1) is 0 Å². The van der Waals surface area contributed by atoms with Crippen LogP contribution in [0.3, 0.4) is 0 Å². The molecule has 1 aromatic heterocycles. The Morgan fingerprint density at radius 2 is 2.09 bits per heavy atom. The van der Waals surface area contributed by atoms with Gasteiger partial charge in [0, 0.05) is 11.8 Å². The van der Waals surface area contributed by atoms with Gasteiger partial charge in [0.2, 0.25) is 0 Å². The summed E-state index contributed by atoms with van der Waals surface area (Å²) in [6, 6.07) is 2.95. The van der Waals surface area contributed by atoms with Crippen LogP contribution in [0.2, 0.25) is 0 Å². The van der Waals surface area contributed by atoms with Crippen molar-refractivity contribution in [3.05, 3.63) is 35.9 Å². The van der Waals surface area contributed by atoms with E-state index in [-0.39, 0.29) is 18.2 Å². The zero-order chi connectivity index (χ0) is 16.5. The number of benzene rings is 1. The van der Waals surface area contributed by atoms with Crippen molar-refractivity contribution in [2.24, 2.45) is 0 Å². The molecule has 0 bridgehead atoms. The third kappa shape index (κ3) is 3.84. The summed E-state index contributed by atoms with van der Waals surface area (Å²) in [5.74, 6) is -0.806. The quantitative estimate of drug-likeness (QED) is 0.699. The number of nitrogen functional groups attached to an aromatic ring is 1. The normalized spacial score (nSPS) is 11.5. The molecule has 0 atom stereocenters. The standard InChI is InChI=1S/C16H20FN3O2/c1-10-5-13(17)14(18)6-12(10)11-7-19-20(8-11)9-15(21)22-16(2,3)4/h5-8H,9,18H2,1-4H3. The fourth-order valence-corrected chi connectivity index (χ4v) is 2.10. The van der Waals surface area contributed by atoms with E-state index in [2.05, 4.69) is 5.10 Å². The van der Waals surface area contributed by atoms with Crippen LogP contribution in [0.5, 0.6) is 0 Å². The number of esters is 1. The first-order valence-electron chi connectivity index (χ1n) is 6.96. The maximum atomic E-state index is 13.4. The van der Waals surface area contributed by atoms with Gasteiger partial charge in [0.15, 0.2) is 0 Å². The second-order valence-corrected chi connectivity index (χ2v) is 6.20. The number of nitrogens with zero attached hydrogens (tertiary/aromatic N) is 2. The smallest absolute Gasteiger partial charge is 0.328 e. The SMILES string of the molecule is Cc1cc(F)c(N)cc1-c1cnn(CC(=O)OC(C)(C)C)c1. The predicted octanol–water partition coefficient (Wildman–Crippen LogP) is 2.92. The lowest BCUT2D eigenvalue weighted by atomic mass is 10.0. The number of halogens is 1. The molecule has 0 amide bonds. The van der Waals surface area contributed by atoms with Gasteiger partial charge in [0.05, 0.1) is 11.9 Å². The van der Waals surface area contributed by atoms with Crippen molar-refractivity contribution in [3.8, 4) is 11.1 Å². The number of hydrogen-bond acceptors (Lipinski definition) is 4. The van der Waals surface area contributed by atoms with Gasteiger partial charge in [-0.25, -0.2) is 4.39 Å². The van der Waals surface area contributed by atoms with Crippen molar-refractivity contribution in [3.63, 3.8) is 0 Å². The molecular formula is C16H20FN3O2. The van der Waals surface area contributed by atoms with Crippen LogP contribution >= 0.6 is 0 Å². The summed E-state index contributed by atoms with van der Waals surface area (Å²) in [6.07, 6.45) is 3.33. The highest BCUT2D eigenvalue weighted by Gasteiger charge is 2.17. The molecule has 22 heavy (non-hydrogen) atoms. The Labute approximate surface area is 128 Å². The number of nitrogens with two attached hydrogens (primary N) is 1. The third-order valence-corrected chi connectivity index (χ3v) is 3.00. The highest BCUT2D eigenvalue weighted by Crippen LogP contribution is 2.27. The molecule has 0 unspecified atom stereocenters. The van der Waals surface area contributed by atoms with Crippen LogP contribution in [0.15, 0.2) is 24.5 Å². The number of aryl methyl sites for hydroxylation is 1. The molecule has 0 saturated carbocycles. The molecule has 5 nitrogen and oxygen atoms in total. The third-order valence-electron chi connectivity index (χ3n) is 3.00. The number of anilines is 1. The monoisotopic (exact) mass is 305 g/mol. The van der Waals surface area contributed by atoms with Crippen LogP contribution in [-0.4, -0.2) is 21.4 Å². The molecule has 118 valence electrons. The second-order valence-electron chi connectivity index (χ2n) is 6.20. The van der Waals surface area contributed by atoms with E-state index >= 15 is 0 Å². The van der Waals surface area contributed by atoms with E-state index in [1.165, 1.54) is 10.7 Å². The molecule has 0 spiro atoms. The summed E-state index contributed by atoms with van der Waals surface area (Å²) in [4.78, 5) is 11.8. The van der Waals surface area contributed by atoms with Gasteiger partial charge in [0.1, 0.15) is 18.0 Å². The van der Waals surface area contributed by atoms with Crippen LogP contribution in [0.4, 0.5) is 10.1 Å². The molecular weight excluding hydrogens is 285 g/mol. The Morgan fingerprint density at radius 3 is 2.73 bits per heavy atom. The zero-order valence-corrected chi connectivity index (χ0v) is 13.2. The van der Waals surface area contributed by atoms with E-state index in [4.69, 9.17) is 10.5 Å². The molecule has 1 heterocycles. The average Bonchev–Trinajstić information content (AvgIpc) is 2.79. The lowest BCUT2D eigenvalue weighted by molar-refractivity contribution is -0.155. The van der Waals surface area contributed by atoms with Crippen molar-refractivity contribution in [2.75, 3.05) is 5.73 Å². The minimum atomic E-state index is -0.533. The maximum Gasteiger partial charge on any atom is 0.328 e. The van der Waals surface area contributed by atoms with Gasteiger partial charge in [-0.3, -0.25) is 9.48 Å². The summed E-state index contributed by atoms with van der Waals surface area (Å²) in [7, 11) is 0. The van der Waals surface area contributed by atoms with Crippen LogP contribution in [0.1, 0.15) is 26.3 Å². The molecule has 1 aromatic carbocycles. The van der Waals surface area contributed by atoms with Crippen molar-refractivity contribution in [1.82, 2.24) is 9.78 Å². The van der Waals surface area contributed by atoms with Gasteiger partial charge < -0.3 is 10.5 Å². The van der Waals surface area contributed by atoms with Crippen LogP contribution in [0.25, 0.3) is 11.1 Å². The van der Waals surface area contributed by atoms with Crippen molar-refractivity contribution < 1.29 is 13.9 Å². The topological polar surface area (TPSA) is 70.1 Å². The second kappa shape index (κ2) is 5.79. The van der Waals surface area contributed by atoms with Crippen LogP contribution in [0, 0.1) is 12.7 Å². The van der Waals surface area contributed by atoms with E-state index in [1.54, 1.807) is 25.4 Å². The molecule has 2 aromatic rings. The minimum absolute atomic E-state index is 0.0208. The fourth-order valence-electron chi connectivity index (χ4n) is 2.10. The maximum absolute atomic E-state index is 13.4. The van der Waals surface area contributed by atoms with Gasteiger partial charge >= 0.3 is 5.97 Å². The largest absolute Gasteiger partial charge is 0.459 e. The van der Waals surface area contributed by atoms with E-state index < -0.39 is 11.4 Å². The predicted molar refractivity (Wildman–Crippen MR) is 82.6 cm³/mol. The van der Waals surface area contributed by atoms with E-state index in [0.29, 0.717) is 0 Å². The molecule has 0 aliphatic carbocycles. The Kier molecular flexibility index (Phi) is 4.21. The number of hydrogen-bond donors (Lipinski definition) is 1. The summed E-state index contributed by atoms with van der Waals surface area (Å²) < 4.78 is 20.1. The van der Waals surface area contributed by atoms with Crippen molar-refractivity contribution in [2.45, 2.75) is 39.8 Å². The van der Waals surface area contributed by atoms with E-state index in [9.17, 15) is 9.18 Å². The first-order chi connectivity index (χ1) is 10.2. The molecule has 0 radical (unpaired) electrons. The Hall–Kier alpha value is -2.37. The van der Waals surface area contributed by atoms with Crippen molar-refractivity contribution in [1.29, 1.82) is 0 Å².